The number of amides is 2. The minimum absolute atomic E-state index is 0.0713. The van der Waals surface area contributed by atoms with E-state index in [0.29, 0.717) is 19.3 Å². The van der Waals surface area contributed by atoms with Crippen LogP contribution in [0.1, 0.15) is 26.7 Å². The first-order valence-corrected chi connectivity index (χ1v) is 7.83. The molecular weight excluding hydrogens is 332 g/mol. The van der Waals surface area contributed by atoms with E-state index >= 15 is 0 Å². The Hall–Kier alpha value is -2.24. The number of aliphatic imine (C=N–C) groups is 1. The van der Waals surface area contributed by atoms with E-state index < -0.39 is 42.1 Å². The number of aldehydes is 1. The Labute approximate surface area is 146 Å². The third-order valence-electron chi connectivity index (χ3n) is 3.34. The Bertz CT molecular complexity index is 478. The SMILES string of the molecule is C[C@@H](O)[C@H](N)C(=O)N[C@H](C(=O)N[C@H](C=O)CCCN=C(N)N)[C@@H](C)O. The van der Waals surface area contributed by atoms with E-state index in [1.165, 1.54) is 13.8 Å². The lowest BCUT2D eigenvalue weighted by atomic mass is 10.1. The number of hydrogen-bond donors (Lipinski definition) is 7. The van der Waals surface area contributed by atoms with Crippen LogP contribution in [0.5, 0.6) is 0 Å². The Morgan fingerprint density at radius 2 is 1.72 bits per heavy atom. The molecule has 0 aliphatic carbocycles. The number of carbonyl (C=O) groups excluding carboxylic acids is 3. The summed E-state index contributed by atoms with van der Waals surface area (Å²) >= 11 is 0. The summed E-state index contributed by atoms with van der Waals surface area (Å²) < 4.78 is 0. The van der Waals surface area contributed by atoms with Crippen molar-refractivity contribution in [1.29, 1.82) is 0 Å². The van der Waals surface area contributed by atoms with Gasteiger partial charge in [-0.3, -0.25) is 14.6 Å². The van der Waals surface area contributed by atoms with E-state index in [0.717, 1.165) is 0 Å². The molecule has 0 aromatic carbocycles. The topological polar surface area (TPSA) is 206 Å². The van der Waals surface area contributed by atoms with Crippen LogP contribution >= 0.6 is 0 Å². The standard InChI is InChI=1S/C14H28N6O5/c1-7(22)10(15)12(24)20-11(8(2)23)13(25)19-9(6-21)4-3-5-18-14(16)17/h6-11,22-23H,3-5,15H2,1-2H3,(H,19,25)(H,20,24)(H4,16,17,18)/t7-,8-,9+,10+,11+/m1/s1. The minimum atomic E-state index is -1.32. The lowest BCUT2D eigenvalue weighted by molar-refractivity contribution is -0.134. The first kappa shape index (κ1) is 22.8. The Balaban J connectivity index is 4.72. The summed E-state index contributed by atoms with van der Waals surface area (Å²) in [6.07, 6.45) is -1.11. The fraction of sp³-hybridized carbons (Fsp3) is 0.714. The van der Waals surface area contributed by atoms with E-state index in [9.17, 15) is 24.6 Å². The average Bonchev–Trinajstić information content (AvgIpc) is 2.53. The molecule has 0 aliphatic heterocycles. The van der Waals surface area contributed by atoms with Crippen molar-refractivity contribution in [2.24, 2.45) is 22.2 Å². The summed E-state index contributed by atoms with van der Waals surface area (Å²) in [5.74, 6) is -1.62. The van der Waals surface area contributed by atoms with Crippen LogP contribution in [-0.2, 0) is 14.4 Å². The number of guanidine groups is 1. The molecule has 0 aromatic heterocycles. The Kier molecular flexibility index (Phi) is 10.3. The molecule has 0 unspecified atom stereocenters. The first-order chi connectivity index (χ1) is 11.6. The monoisotopic (exact) mass is 360 g/mol. The molecular formula is C14H28N6O5. The normalized spacial score (nSPS) is 16.7. The summed E-state index contributed by atoms with van der Waals surface area (Å²) in [6, 6.07) is -3.40. The fourth-order valence-corrected chi connectivity index (χ4v) is 1.84. The van der Waals surface area contributed by atoms with Crippen LogP contribution in [0.4, 0.5) is 0 Å². The molecule has 5 atom stereocenters. The highest BCUT2D eigenvalue weighted by atomic mass is 16.3. The zero-order valence-electron chi connectivity index (χ0n) is 14.4. The molecule has 25 heavy (non-hydrogen) atoms. The summed E-state index contributed by atoms with van der Waals surface area (Å²) in [4.78, 5) is 38.9. The van der Waals surface area contributed by atoms with Gasteiger partial charge in [-0.1, -0.05) is 0 Å². The smallest absolute Gasteiger partial charge is 0.245 e. The number of nitrogens with two attached hydrogens (primary N) is 3. The van der Waals surface area contributed by atoms with Crippen LogP contribution < -0.4 is 27.8 Å². The summed E-state index contributed by atoms with van der Waals surface area (Å²) in [5, 5.41) is 23.7. The average molecular weight is 360 g/mol. The molecule has 0 saturated heterocycles. The van der Waals surface area contributed by atoms with Gasteiger partial charge in [-0.15, -0.1) is 0 Å². The molecule has 10 N–H and O–H groups in total. The van der Waals surface area contributed by atoms with Crippen molar-refractivity contribution in [2.45, 2.75) is 57.0 Å². The fourth-order valence-electron chi connectivity index (χ4n) is 1.84. The molecule has 0 aliphatic rings. The van der Waals surface area contributed by atoms with E-state index in [4.69, 9.17) is 17.2 Å². The van der Waals surface area contributed by atoms with Crippen molar-refractivity contribution in [3.05, 3.63) is 0 Å². The van der Waals surface area contributed by atoms with Gasteiger partial charge in [-0.05, 0) is 26.7 Å². The number of rotatable bonds is 11. The molecule has 11 nitrogen and oxygen atoms in total. The second kappa shape index (κ2) is 11.3. The predicted octanol–water partition coefficient (Wildman–Crippen LogP) is -3.70. The zero-order chi connectivity index (χ0) is 19.6. The summed E-state index contributed by atoms with van der Waals surface area (Å²) in [7, 11) is 0. The van der Waals surface area contributed by atoms with Gasteiger partial charge in [0.15, 0.2) is 5.96 Å². The van der Waals surface area contributed by atoms with Crippen LogP contribution in [-0.4, -0.2) is 71.2 Å². The maximum atomic E-state index is 12.2. The predicted molar refractivity (Wildman–Crippen MR) is 91.2 cm³/mol. The number of hydrogen-bond acceptors (Lipinski definition) is 7. The molecule has 0 saturated carbocycles. The van der Waals surface area contributed by atoms with Gasteiger partial charge in [0.05, 0.1) is 18.2 Å². The van der Waals surface area contributed by atoms with Crippen molar-refractivity contribution in [3.63, 3.8) is 0 Å². The quantitative estimate of drug-likeness (QED) is 0.0842. The minimum Gasteiger partial charge on any atom is -0.391 e. The van der Waals surface area contributed by atoms with E-state index in [-0.39, 0.29) is 12.4 Å². The number of aliphatic hydroxyl groups excluding tert-OH is 2. The number of nitrogens with one attached hydrogen (secondary N) is 2. The highest BCUT2D eigenvalue weighted by Crippen LogP contribution is 2.00. The van der Waals surface area contributed by atoms with Crippen LogP contribution in [0.2, 0.25) is 0 Å². The van der Waals surface area contributed by atoms with Gasteiger partial charge in [0, 0.05) is 6.54 Å². The van der Waals surface area contributed by atoms with Crippen molar-refractivity contribution in [2.75, 3.05) is 6.54 Å². The van der Waals surface area contributed by atoms with Gasteiger partial charge in [-0.25, -0.2) is 0 Å². The van der Waals surface area contributed by atoms with E-state index in [1.807, 2.05) is 0 Å². The molecule has 0 bridgehead atoms. The van der Waals surface area contributed by atoms with Crippen LogP contribution in [0.25, 0.3) is 0 Å². The molecule has 0 fully saturated rings. The Morgan fingerprint density at radius 3 is 2.16 bits per heavy atom. The maximum Gasteiger partial charge on any atom is 0.245 e. The van der Waals surface area contributed by atoms with Gasteiger partial charge in [0.1, 0.15) is 18.4 Å². The van der Waals surface area contributed by atoms with Gasteiger partial charge in [0.2, 0.25) is 11.8 Å². The molecule has 2 amide bonds. The second-order valence-electron chi connectivity index (χ2n) is 5.69. The van der Waals surface area contributed by atoms with Crippen molar-refractivity contribution in [3.8, 4) is 0 Å². The molecule has 11 heteroatoms. The largest absolute Gasteiger partial charge is 0.391 e. The zero-order valence-corrected chi connectivity index (χ0v) is 14.4. The third kappa shape index (κ3) is 8.98. The molecule has 0 radical (unpaired) electrons. The van der Waals surface area contributed by atoms with E-state index in [2.05, 4.69) is 15.6 Å². The molecule has 0 spiro atoms. The second-order valence-corrected chi connectivity index (χ2v) is 5.69. The molecule has 0 rings (SSSR count). The van der Waals surface area contributed by atoms with Gasteiger partial charge < -0.3 is 42.8 Å². The molecule has 0 aromatic rings. The van der Waals surface area contributed by atoms with Crippen molar-refractivity contribution < 1.29 is 24.6 Å². The maximum absolute atomic E-state index is 12.2. The van der Waals surface area contributed by atoms with Crippen LogP contribution in [0, 0.1) is 0 Å². The van der Waals surface area contributed by atoms with Gasteiger partial charge in [-0.2, -0.15) is 0 Å². The van der Waals surface area contributed by atoms with Crippen LogP contribution in [0.3, 0.4) is 0 Å². The Morgan fingerprint density at radius 1 is 1.12 bits per heavy atom. The van der Waals surface area contributed by atoms with Crippen LogP contribution in [0.15, 0.2) is 4.99 Å². The van der Waals surface area contributed by atoms with E-state index in [1.54, 1.807) is 0 Å². The van der Waals surface area contributed by atoms with Gasteiger partial charge >= 0.3 is 0 Å². The number of nitrogens with zero attached hydrogens (tertiary/aromatic N) is 1. The molecule has 0 heterocycles. The van der Waals surface area contributed by atoms with Crippen molar-refractivity contribution in [1.82, 2.24) is 10.6 Å². The summed E-state index contributed by atoms with van der Waals surface area (Å²) in [6.45, 7) is 2.91. The number of aliphatic hydroxyl groups is 2. The van der Waals surface area contributed by atoms with Crippen molar-refractivity contribution >= 4 is 24.1 Å². The summed E-state index contributed by atoms with van der Waals surface area (Å²) in [5.41, 5.74) is 15.8. The highest BCUT2D eigenvalue weighted by Gasteiger charge is 2.30. The first-order valence-electron chi connectivity index (χ1n) is 7.83. The van der Waals surface area contributed by atoms with Gasteiger partial charge in [0.25, 0.3) is 0 Å². The molecule has 144 valence electrons. The lowest BCUT2D eigenvalue weighted by Crippen LogP contribution is -2.58. The number of carbonyl (C=O) groups is 3. The highest BCUT2D eigenvalue weighted by molar-refractivity contribution is 5.91. The third-order valence-corrected chi connectivity index (χ3v) is 3.34. The lowest BCUT2D eigenvalue weighted by Gasteiger charge is -2.24.